The van der Waals surface area contributed by atoms with Gasteiger partial charge in [0, 0.05) is 30.8 Å². The predicted octanol–water partition coefficient (Wildman–Crippen LogP) is 7.02. The monoisotopic (exact) mass is 474 g/mol. The SMILES string of the molecule is O=C(CCc1ccccc1)CC1CC(c2ccccc2)C2=C(C=C(C=Cc3ccccc3)CC2=O)O1. The van der Waals surface area contributed by atoms with Gasteiger partial charge < -0.3 is 4.74 Å². The van der Waals surface area contributed by atoms with Gasteiger partial charge in [0.2, 0.25) is 0 Å². The van der Waals surface area contributed by atoms with E-state index in [-0.39, 0.29) is 23.6 Å². The van der Waals surface area contributed by atoms with Crippen LogP contribution in [0, 0.1) is 0 Å². The van der Waals surface area contributed by atoms with Crippen LogP contribution >= 0.6 is 0 Å². The van der Waals surface area contributed by atoms with Crippen LogP contribution < -0.4 is 0 Å². The van der Waals surface area contributed by atoms with Gasteiger partial charge in [-0.25, -0.2) is 0 Å². The van der Waals surface area contributed by atoms with E-state index in [1.807, 2.05) is 85.0 Å². The first-order chi connectivity index (χ1) is 17.7. The highest BCUT2D eigenvalue weighted by molar-refractivity contribution is 6.01. The van der Waals surface area contributed by atoms with Crippen LogP contribution in [0.1, 0.15) is 48.3 Å². The number of ketones is 2. The molecule has 5 rings (SSSR count). The molecule has 3 nitrogen and oxygen atoms in total. The summed E-state index contributed by atoms with van der Waals surface area (Å²) < 4.78 is 6.35. The van der Waals surface area contributed by atoms with Gasteiger partial charge in [-0.1, -0.05) is 103 Å². The first kappa shape index (κ1) is 23.7. The Hall–Kier alpha value is -3.98. The summed E-state index contributed by atoms with van der Waals surface area (Å²) in [5, 5.41) is 0. The summed E-state index contributed by atoms with van der Waals surface area (Å²) in [4.78, 5) is 26.2. The van der Waals surface area contributed by atoms with Crippen LogP contribution in [0.5, 0.6) is 0 Å². The molecule has 3 heteroatoms. The largest absolute Gasteiger partial charge is 0.489 e. The first-order valence-corrected chi connectivity index (χ1v) is 12.6. The van der Waals surface area contributed by atoms with E-state index in [9.17, 15) is 9.59 Å². The zero-order chi connectivity index (χ0) is 24.7. The number of benzene rings is 3. The van der Waals surface area contributed by atoms with Crippen molar-refractivity contribution < 1.29 is 14.3 Å². The van der Waals surface area contributed by atoms with Gasteiger partial charge >= 0.3 is 0 Å². The number of ether oxygens (including phenoxy) is 1. The van der Waals surface area contributed by atoms with E-state index >= 15 is 0 Å². The Morgan fingerprint density at radius 3 is 2.25 bits per heavy atom. The number of allylic oxidation sites excluding steroid dienone is 4. The maximum Gasteiger partial charge on any atom is 0.167 e. The lowest BCUT2D eigenvalue weighted by molar-refractivity contribution is -0.121. The molecule has 0 spiro atoms. The van der Waals surface area contributed by atoms with Gasteiger partial charge in [-0.3, -0.25) is 9.59 Å². The summed E-state index contributed by atoms with van der Waals surface area (Å²) in [5.74, 6) is 0.850. The van der Waals surface area contributed by atoms with E-state index in [1.165, 1.54) is 5.56 Å². The third kappa shape index (κ3) is 5.80. The van der Waals surface area contributed by atoms with Crippen LogP contribution in [0.25, 0.3) is 6.08 Å². The molecule has 0 fully saturated rings. The van der Waals surface area contributed by atoms with Gasteiger partial charge in [0.05, 0.1) is 0 Å². The number of rotatable bonds is 8. The van der Waals surface area contributed by atoms with Crippen LogP contribution in [-0.4, -0.2) is 17.7 Å². The van der Waals surface area contributed by atoms with E-state index < -0.39 is 0 Å². The van der Waals surface area contributed by atoms with Crippen molar-refractivity contribution in [2.24, 2.45) is 0 Å². The molecule has 0 aromatic heterocycles. The maximum absolute atomic E-state index is 13.3. The van der Waals surface area contributed by atoms with Gasteiger partial charge in [-0.2, -0.15) is 0 Å². The number of hydrogen-bond donors (Lipinski definition) is 0. The third-order valence-corrected chi connectivity index (χ3v) is 6.87. The summed E-state index contributed by atoms with van der Waals surface area (Å²) in [6.07, 6.45) is 8.32. The number of Topliss-reactive ketones (excluding diaryl/α,β-unsaturated/α-hetero) is 2. The quantitative estimate of drug-likeness (QED) is 0.352. The molecule has 0 N–H and O–H groups in total. The molecule has 3 aromatic rings. The predicted molar refractivity (Wildman–Crippen MR) is 143 cm³/mol. The number of hydrogen-bond acceptors (Lipinski definition) is 3. The normalized spacial score (nSPS) is 19.6. The van der Waals surface area contributed by atoms with Crippen LogP contribution in [0.4, 0.5) is 0 Å². The van der Waals surface area contributed by atoms with Crippen molar-refractivity contribution in [3.05, 3.63) is 137 Å². The molecule has 0 saturated carbocycles. The van der Waals surface area contributed by atoms with Crippen molar-refractivity contribution >= 4 is 17.6 Å². The molecule has 180 valence electrons. The van der Waals surface area contributed by atoms with Crippen molar-refractivity contribution in [2.45, 2.75) is 44.1 Å². The Morgan fingerprint density at radius 1 is 0.861 bits per heavy atom. The highest BCUT2D eigenvalue weighted by Gasteiger charge is 2.37. The van der Waals surface area contributed by atoms with Crippen LogP contribution in [0.2, 0.25) is 0 Å². The molecule has 0 amide bonds. The Kier molecular flexibility index (Phi) is 7.37. The lowest BCUT2D eigenvalue weighted by Crippen LogP contribution is -2.31. The molecule has 1 aliphatic carbocycles. The Balaban J connectivity index is 1.37. The van der Waals surface area contributed by atoms with Gasteiger partial charge in [0.15, 0.2) is 5.78 Å². The lowest BCUT2D eigenvalue weighted by Gasteiger charge is -2.35. The number of carbonyl (C=O) groups is 2. The third-order valence-electron chi connectivity index (χ3n) is 6.87. The van der Waals surface area contributed by atoms with E-state index in [1.54, 1.807) is 0 Å². The van der Waals surface area contributed by atoms with Gasteiger partial charge in [0.25, 0.3) is 0 Å². The zero-order valence-electron chi connectivity index (χ0n) is 20.3. The molecule has 1 aliphatic heterocycles. The fraction of sp³-hybridized carbons (Fsp3) is 0.212. The fourth-order valence-corrected chi connectivity index (χ4v) is 5.06. The number of aryl methyl sites for hydroxylation is 1. The minimum Gasteiger partial charge on any atom is -0.489 e. The maximum atomic E-state index is 13.3. The lowest BCUT2D eigenvalue weighted by atomic mass is 9.77. The smallest absolute Gasteiger partial charge is 0.167 e. The average Bonchev–Trinajstić information content (AvgIpc) is 2.92. The van der Waals surface area contributed by atoms with Crippen molar-refractivity contribution in [1.82, 2.24) is 0 Å². The van der Waals surface area contributed by atoms with Gasteiger partial charge in [0.1, 0.15) is 17.6 Å². The fourth-order valence-electron chi connectivity index (χ4n) is 5.06. The standard InChI is InChI=1S/C33H30O3/c34-28(19-18-25-12-6-2-7-13-25)22-29-23-30(27-14-8-3-9-15-27)33-31(35)20-26(21-32(33)36-29)17-16-24-10-4-1-5-11-24/h1-17,21,29-30H,18-20,22-23H2. The Labute approximate surface area is 212 Å². The second-order valence-electron chi connectivity index (χ2n) is 9.51. The second-order valence-corrected chi connectivity index (χ2v) is 9.51. The van der Waals surface area contributed by atoms with E-state index in [2.05, 4.69) is 24.3 Å². The zero-order valence-corrected chi connectivity index (χ0v) is 20.3. The molecule has 0 saturated heterocycles. The van der Waals surface area contributed by atoms with E-state index in [4.69, 9.17) is 4.74 Å². The molecule has 2 atom stereocenters. The van der Waals surface area contributed by atoms with Crippen LogP contribution in [0.15, 0.2) is 120 Å². The average molecular weight is 475 g/mol. The number of carbonyl (C=O) groups excluding carboxylic acids is 2. The van der Waals surface area contributed by atoms with Crippen LogP contribution in [0.3, 0.4) is 0 Å². The Morgan fingerprint density at radius 2 is 1.53 bits per heavy atom. The first-order valence-electron chi connectivity index (χ1n) is 12.6. The summed E-state index contributed by atoms with van der Waals surface area (Å²) in [7, 11) is 0. The topological polar surface area (TPSA) is 43.4 Å². The van der Waals surface area contributed by atoms with Gasteiger partial charge in [-0.15, -0.1) is 0 Å². The molecule has 36 heavy (non-hydrogen) atoms. The molecular formula is C33H30O3. The summed E-state index contributed by atoms with van der Waals surface area (Å²) in [5.41, 5.74) is 5.01. The minimum atomic E-state index is -0.251. The molecule has 0 radical (unpaired) electrons. The summed E-state index contributed by atoms with van der Waals surface area (Å²) in [6, 6.07) is 30.2. The van der Waals surface area contributed by atoms with Crippen LogP contribution in [-0.2, 0) is 20.7 Å². The Bertz CT molecular complexity index is 1300. The summed E-state index contributed by atoms with van der Waals surface area (Å²) >= 11 is 0. The molecular weight excluding hydrogens is 444 g/mol. The summed E-state index contributed by atoms with van der Waals surface area (Å²) in [6.45, 7) is 0. The van der Waals surface area contributed by atoms with Crippen molar-refractivity contribution in [2.75, 3.05) is 0 Å². The van der Waals surface area contributed by atoms with Gasteiger partial charge in [-0.05, 0) is 41.2 Å². The molecule has 0 bridgehead atoms. The minimum absolute atomic E-state index is 0.0646. The van der Waals surface area contributed by atoms with Crippen molar-refractivity contribution in [3.8, 4) is 0 Å². The molecule has 2 aliphatic rings. The van der Waals surface area contributed by atoms with E-state index in [0.717, 1.165) is 28.7 Å². The molecule has 2 unspecified atom stereocenters. The molecule has 1 heterocycles. The second kappa shape index (κ2) is 11.2. The van der Waals surface area contributed by atoms with E-state index in [0.29, 0.717) is 31.4 Å². The highest BCUT2D eigenvalue weighted by Crippen LogP contribution is 2.42. The highest BCUT2D eigenvalue weighted by atomic mass is 16.5. The van der Waals surface area contributed by atoms with Crippen molar-refractivity contribution in [1.29, 1.82) is 0 Å². The molecule has 3 aromatic carbocycles. The van der Waals surface area contributed by atoms with Crippen molar-refractivity contribution in [3.63, 3.8) is 0 Å².